The third-order valence-electron chi connectivity index (χ3n) is 2.32. The van der Waals surface area contributed by atoms with Crippen LogP contribution >= 0.6 is 11.6 Å². The molecule has 0 spiro atoms. The molecule has 0 aromatic heterocycles. The molecular weight excluding hydrogens is 246 g/mol. The second-order valence-corrected chi connectivity index (χ2v) is 4.23. The lowest BCUT2D eigenvalue weighted by molar-refractivity contribution is -0.383. The fraction of sp³-hybridized carbons (Fsp3) is 0.300. The maximum absolute atomic E-state index is 11.4. The first-order valence-corrected chi connectivity index (χ1v) is 5.45. The van der Waals surface area contributed by atoms with E-state index in [1.165, 1.54) is 18.2 Å². The third kappa shape index (κ3) is 3.07. The van der Waals surface area contributed by atoms with Crippen molar-refractivity contribution >= 4 is 29.0 Å². The van der Waals surface area contributed by atoms with Crippen molar-refractivity contribution in [2.45, 2.75) is 18.9 Å². The maximum atomic E-state index is 11.4. The van der Waals surface area contributed by atoms with E-state index in [-0.39, 0.29) is 22.4 Å². The van der Waals surface area contributed by atoms with E-state index in [2.05, 4.69) is 10.6 Å². The summed E-state index contributed by atoms with van der Waals surface area (Å²) in [6.07, 6.45) is 1.91. The maximum Gasteiger partial charge on any atom is 0.319 e. The molecule has 0 aliphatic heterocycles. The summed E-state index contributed by atoms with van der Waals surface area (Å²) in [7, 11) is 0. The Morgan fingerprint density at radius 1 is 1.47 bits per heavy atom. The number of carbonyl (C=O) groups excluding carboxylic acids is 1. The Morgan fingerprint density at radius 3 is 2.76 bits per heavy atom. The van der Waals surface area contributed by atoms with Gasteiger partial charge in [-0.05, 0) is 25.0 Å². The lowest BCUT2D eigenvalue weighted by atomic mass is 10.2. The first kappa shape index (κ1) is 11.7. The molecule has 7 heteroatoms. The van der Waals surface area contributed by atoms with Crippen LogP contribution in [0.3, 0.4) is 0 Å². The summed E-state index contributed by atoms with van der Waals surface area (Å²) in [5.41, 5.74) is -0.0824. The molecule has 0 bridgehead atoms. The van der Waals surface area contributed by atoms with Crippen LogP contribution < -0.4 is 10.6 Å². The predicted molar refractivity (Wildman–Crippen MR) is 63.3 cm³/mol. The minimum atomic E-state index is -0.585. The second kappa shape index (κ2) is 4.58. The van der Waals surface area contributed by atoms with E-state index >= 15 is 0 Å². The molecule has 0 atom stereocenters. The molecule has 2 rings (SSSR count). The molecule has 17 heavy (non-hydrogen) atoms. The molecule has 0 unspecified atom stereocenters. The van der Waals surface area contributed by atoms with Crippen molar-refractivity contribution in [1.82, 2.24) is 5.32 Å². The van der Waals surface area contributed by atoms with Gasteiger partial charge in [0.25, 0.3) is 5.69 Å². The summed E-state index contributed by atoms with van der Waals surface area (Å²) in [5.74, 6) is 0. The van der Waals surface area contributed by atoms with Crippen LogP contribution in [0.25, 0.3) is 0 Å². The number of amides is 2. The topological polar surface area (TPSA) is 84.3 Å². The van der Waals surface area contributed by atoms with Gasteiger partial charge in [-0.25, -0.2) is 4.79 Å². The van der Waals surface area contributed by atoms with Gasteiger partial charge < -0.3 is 10.6 Å². The first-order chi connectivity index (χ1) is 8.06. The van der Waals surface area contributed by atoms with Crippen molar-refractivity contribution in [3.05, 3.63) is 33.3 Å². The number of halogens is 1. The molecule has 1 aromatic carbocycles. The largest absolute Gasteiger partial charge is 0.335 e. The molecule has 2 amide bonds. The van der Waals surface area contributed by atoms with Crippen molar-refractivity contribution in [1.29, 1.82) is 0 Å². The Bertz CT molecular complexity index is 474. The summed E-state index contributed by atoms with van der Waals surface area (Å²) < 4.78 is 0. The van der Waals surface area contributed by atoms with Crippen LogP contribution in [0.15, 0.2) is 18.2 Å². The Kier molecular flexibility index (Phi) is 3.14. The molecule has 1 saturated carbocycles. The Morgan fingerprint density at radius 2 is 2.18 bits per heavy atom. The predicted octanol–water partition coefficient (Wildman–Crippen LogP) is 2.53. The van der Waals surface area contributed by atoms with E-state index in [4.69, 9.17) is 11.6 Å². The number of nitrogens with one attached hydrogen (secondary N) is 2. The summed E-state index contributed by atoms with van der Waals surface area (Å²) in [5, 5.41) is 16.1. The van der Waals surface area contributed by atoms with E-state index in [0.717, 1.165) is 12.8 Å². The molecule has 1 aromatic rings. The van der Waals surface area contributed by atoms with E-state index in [1.54, 1.807) is 0 Å². The number of rotatable bonds is 3. The molecule has 0 heterocycles. The Balaban J connectivity index is 2.13. The highest BCUT2D eigenvalue weighted by Crippen LogP contribution is 2.28. The van der Waals surface area contributed by atoms with Gasteiger partial charge >= 0.3 is 6.03 Å². The summed E-state index contributed by atoms with van der Waals surface area (Å²) in [6.45, 7) is 0. The highest BCUT2D eigenvalue weighted by Gasteiger charge is 2.24. The number of hydrogen-bond donors (Lipinski definition) is 2. The van der Waals surface area contributed by atoms with Gasteiger partial charge in [-0.3, -0.25) is 10.1 Å². The average Bonchev–Trinajstić information content (AvgIpc) is 3.04. The van der Waals surface area contributed by atoms with Gasteiger partial charge in [-0.15, -0.1) is 0 Å². The highest BCUT2D eigenvalue weighted by atomic mass is 35.5. The van der Waals surface area contributed by atoms with Gasteiger partial charge in [0.1, 0.15) is 5.69 Å². The minimum absolute atomic E-state index is 0.137. The van der Waals surface area contributed by atoms with Crippen LogP contribution in [-0.4, -0.2) is 17.0 Å². The molecule has 0 radical (unpaired) electrons. The summed E-state index contributed by atoms with van der Waals surface area (Å²) >= 11 is 5.66. The van der Waals surface area contributed by atoms with Gasteiger partial charge in [0, 0.05) is 17.1 Å². The van der Waals surface area contributed by atoms with Crippen LogP contribution in [0.4, 0.5) is 16.2 Å². The summed E-state index contributed by atoms with van der Waals surface area (Å²) in [4.78, 5) is 21.6. The van der Waals surface area contributed by atoms with Crippen molar-refractivity contribution in [2.75, 3.05) is 5.32 Å². The SMILES string of the molecule is O=C(Nc1ccc(Cl)cc1[N+](=O)[O-])NC1CC1. The van der Waals surface area contributed by atoms with Crippen LogP contribution in [0.5, 0.6) is 0 Å². The standard InChI is InChI=1S/C10H10ClN3O3/c11-6-1-4-8(9(5-6)14(16)17)13-10(15)12-7-2-3-7/h1,4-5,7H,2-3H2,(H2,12,13,15). The number of benzene rings is 1. The van der Waals surface area contributed by atoms with Crippen LogP contribution in [0, 0.1) is 10.1 Å². The zero-order chi connectivity index (χ0) is 12.4. The fourth-order valence-corrected chi connectivity index (χ4v) is 1.50. The molecule has 0 saturated heterocycles. The lowest BCUT2D eigenvalue weighted by Gasteiger charge is -2.07. The van der Waals surface area contributed by atoms with Crippen LogP contribution in [0.1, 0.15) is 12.8 Å². The fourth-order valence-electron chi connectivity index (χ4n) is 1.33. The third-order valence-corrected chi connectivity index (χ3v) is 2.55. The number of nitro groups is 1. The van der Waals surface area contributed by atoms with E-state index in [1.807, 2.05) is 0 Å². The highest BCUT2D eigenvalue weighted by molar-refractivity contribution is 6.31. The number of carbonyl (C=O) groups is 1. The molecule has 1 aliphatic carbocycles. The quantitative estimate of drug-likeness (QED) is 0.643. The molecule has 1 fully saturated rings. The Hall–Kier alpha value is -1.82. The van der Waals surface area contributed by atoms with Gasteiger partial charge in [-0.1, -0.05) is 11.6 Å². The zero-order valence-corrected chi connectivity index (χ0v) is 9.53. The molecule has 2 N–H and O–H groups in total. The van der Waals surface area contributed by atoms with Crippen LogP contribution in [0.2, 0.25) is 5.02 Å². The van der Waals surface area contributed by atoms with Gasteiger partial charge in [0.15, 0.2) is 0 Å². The first-order valence-electron chi connectivity index (χ1n) is 5.08. The van der Waals surface area contributed by atoms with Crippen LogP contribution in [-0.2, 0) is 0 Å². The van der Waals surface area contributed by atoms with E-state index in [9.17, 15) is 14.9 Å². The van der Waals surface area contributed by atoms with Gasteiger partial charge in [0.05, 0.1) is 4.92 Å². The second-order valence-electron chi connectivity index (χ2n) is 3.79. The molecular formula is C10H10ClN3O3. The Labute approximate surface area is 102 Å². The van der Waals surface area contributed by atoms with Gasteiger partial charge in [0.2, 0.25) is 0 Å². The molecule has 1 aliphatic rings. The number of anilines is 1. The molecule has 6 nitrogen and oxygen atoms in total. The number of nitrogens with zero attached hydrogens (tertiary/aromatic N) is 1. The zero-order valence-electron chi connectivity index (χ0n) is 8.77. The van der Waals surface area contributed by atoms with Crippen molar-refractivity contribution in [2.24, 2.45) is 0 Å². The minimum Gasteiger partial charge on any atom is -0.335 e. The monoisotopic (exact) mass is 255 g/mol. The van der Waals surface area contributed by atoms with Gasteiger partial charge in [-0.2, -0.15) is 0 Å². The summed E-state index contributed by atoms with van der Waals surface area (Å²) in [6, 6.07) is 3.86. The van der Waals surface area contributed by atoms with Crippen molar-refractivity contribution < 1.29 is 9.72 Å². The normalized spacial score (nSPS) is 14.2. The average molecular weight is 256 g/mol. The lowest BCUT2D eigenvalue weighted by Crippen LogP contribution is -2.30. The number of hydrogen-bond acceptors (Lipinski definition) is 3. The van der Waals surface area contributed by atoms with E-state index < -0.39 is 11.0 Å². The van der Waals surface area contributed by atoms with E-state index in [0.29, 0.717) is 0 Å². The number of nitro benzene ring substituents is 1. The van der Waals surface area contributed by atoms with Crippen molar-refractivity contribution in [3.8, 4) is 0 Å². The van der Waals surface area contributed by atoms with Crippen molar-refractivity contribution in [3.63, 3.8) is 0 Å². The smallest absolute Gasteiger partial charge is 0.319 e. The number of urea groups is 1. The molecule has 90 valence electrons.